The molecule has 0 bridgehead atoms. The van der Waals surface area contributed by atoms with E-state index in [1.807, 2.05) is 0 Å². The van der Waals surface area contributed by atoms with Crippen LogP contribution < -0.4 is 10.5 Å². The summed E-state index contributed by atoms with van der Waals surface area (Å²) in [6, 6.07) is 6.41. The van der Waals surface area contributed by atoms with Gasteiger partial charge in [0, 0.05) is 19.1 Å². The molecular weight excluding hydrogens is 366 g/mol. The minimum atomic E-state index is -3.52. The number of benzene rings is 1. The molecule has 3 N–H and O–H groups in total. The monoisotopic (exact) mass is 393 g/mol. The van der Waals surface area contributed by atoms with Gasteiger partial charge in [-0.05, 0) is 37.3 Å². The van der Waals surface area contributed by atoms with Crippen LogP contribution in [0.2, 0.25) is 0 Å². The maximum atomic E-state index is 12.4. The molecule has 0 saturated heterocycles. The van der Waals surface area contributed by atoms with Crippen LogP contribution in [0.3, 0.4) is 0 Å². The van der Waals surface area contributed by atoms with Gasteiger partial charge in [-0.25, -0.2) is 13.1 Å². The highest BCUT2D eigenvalue weighted by atomic mass is 32.2. The summed E-state index contributed by atoms with van der Waals surface area (Å²) in [7, 11) is -3.52. The Morgan fingerprint density at radius 1 is 1.07 bits per heavy atom. The maximum absolute atomic E-state index is 12.4. The Kier molecular flexibility index (Phi) is 6.29. The van der Waals surface area contributed by atoms with Crippen molar-refractivity contribution in [3.8, 4) is 0 Å². The Balaban J connectivity index is 1.53. The number of amides is 2. The molecule has 1 heterocycles. The van der Waals surface area contributed by atoms with Gasteiger partial charge in [0.15, 0.2) is 0 Å². The number of hydrogen-bond donors (Lipinski definition) is 2. The number of fused-ring (bicyclic) bond motifs is 1. The average molecular weight is 394 g/mol. The smallest absolute Gasteiger partial charge is 0.261 e. The van der Waals surface area contributed by atoms with E-state index in [1.54, 1.807) is 24.3 Å². The molecule has 0 spiro atoms. The molecule has 27 heavy (non-hydrogen) atoms. The van der Waals surface area contributed by atoms with Crippen LogP contribution in [0.1, 0.15) is 59.2 Å². The number of carbonyl (C=O) groups excluding carboxylic acids is 2. The third-order valence-corrected chi connectivity index (χ3v) is 6.96. The lowest BCUT2D eigenvalue weighted by Gasteiger charge is -2.29. The zero-order chi connectivity index (χ0) is 19.4. The van der Waals surface area contributed by atoms with Crippen LogP contribution >= 0.6 is 0 Å². The van der Waals surface area contributed by atoms with E-state index < -0.39 is 10.0 Å². The van der Waals surface area contributed by atoms with E-state index in [0.29, 0.717) is 11.1 Å². The molecule has 1 saturated carbocycles. The van der Waals surface area contributed by atoms with E-state index in [0.717, 1.165) is 30.6 Å². The second-order valence-corrected chi connectivity index (χ2v) is 9.21. The predicted octanol–water partition coefficient (Wildman–Crippen LogP) is 1.50. The van der Waals surface area contributed by atoms with Crippen LogP contribution in [0.4, 0.5) is 0 Å². The fourth-order valence-electron chi connectivity index (χ4n) is 4.02. The predicted molar refractivity (Wildman–Crippen MR) is 103 cm³/mol. The van der Waals surface area contributed by atoms with Crippen molar-refractivity contribution in [2.75, 3.05) is 18.8 Å². The molecule has 1 aliphatic heterocycles. The minimum absolute atomic E-state index is 0.0873. The van der Waals surface area contributed by atoms with Crippen molar-refractivity contribution in [2.45, 2.75) is 44.6 Å². The van der Waals surface area contributed by atoms with Crippen molar-refractivity contribution in [1.29, 1.82) is 0 Å². The molecule has 1 aliphatic carbocycles. The minimum Gasteiger partial charge on any atom is -0.329 e. The van der Waals surface area contributed by atoms with E-state index in [9.17, 15) is 18.0 Å². The quantitative estimate of drug-likeness (QED) is 0.651. The lowest BCUT2D eigenvalue weighted by Crippen LogP contribution is -2.46. The normalized spacial score (nSPS) is 19.4. The van der Waals surface area contributed by atoms with Gasteiger partial charge in [-0.3, -0.25) is 14.5 Å². The molecule has 7 nitrogen and oxygen atoms in total. The summed E-state index contributed by atoms with van der Waals surface area (Å²) in [5.74, 6) is -0.565. The van der Waals surface area contributed by atoms with Gasteiger partial charge in [-0.2, -0.15) is 0 Å². The highest BCUT2D eigenvalue weighted by molar-refractivity contribution is 7.89. The number of nitrogens with one attached hydrogen (secondary N) is 1. The molecule has 0 radical (unpaired) electrons. The second kappa shape index (κ2) is 8.50. The lowest BCUT2D eigenvalue weighted by molar-refractivity contribution is 0.0654. The van der Waals surface area contributed by atoms with E-state index >= 15 is 0 Å². The molecule has 1 fully saturated rings. The SMILES string of the molecule is NCC(NS(=O)(=O)CCCN1C(=O)c2ccccc2C1=O)C1CCCCC1. The van der Waals surface area contributed by atoms with Crippen LogP contribution in [-0.4, -0.2) is 50.0 Å². The van der Waals surface area contributed by atoms with Crippen LogP contribution in [0.25, 0.3) is 0 Å². The van der Waals surface area contributed by atoms with E-state index in [-0.39, 0.29) is 49.0 Å². The molecule has 1 unspecified atom stereocenters. The van der Waals surface area contributed by atoms with Crippen molar-refractivity contribution in [3.63, 3.8) is 0 Å². The summed E-state index contributed by atoms with van der Waals surface area (Å²) in [6.45, 7) is 0.367. The Hall–Kier alpha value is -1.77. The van der Waals surface area contributed by atoms with Gasteiger partial charge in [0.05, 0.1) is 16.9 Å². The summed E-state index contributed by atoms with van der Waals surface area (Å²) >= 11 is 0. The number of nitrogens with zero attached hydrogens (tertiary/aromatic N) is 1. The number of imide groups is 1. The fraction of sp³-hybridized carbons (Fsp3) is 0.579. The van der Waals surface area contributed by atoms with E-state index in [1.165, 1.54) is 6.42 Å². The van der Waals surface area contributed by atoms with E-state index in [4.69, 9.17) is 5.73 Å². The van der Waals surface area contributed by atoms with Gasteiger partial charge in [0.25, 0.3) is 11.8 Å². The summed E-state index contributed by atoms with van der Waals surface area (Å²) in [4.78, 5) is 25.8. The molecular formula is C19H27N3O4S. The fourth-order valence-corrected chi connectivity index (χ4v) is 5.39. The molecule has 0 aromatic heterocycles. The average Bonchev–Trinajstić information content (AvgIpc) is 2.92. The van der Waals surface area contributed by atoms with Crippen LogP contribution in [-0.2, 0) is 10.0 Å². The van der Waals surface area contributed by atoms with Crippen molar-refractivity contribution >= 4 is 21.8 Å². The topological polar surface area (TPSA) is 110 Å². The number of rotatable bonds is 8. The molecule has 2 amide bonds. The van der Waals surface area contributed by atoms with Crippen molar-refractivity contribution < 1.29 is 18.0 Å². The highest BCUT2D eigenvalue weighted by Crippen LogP contribution is 2.26. The highest BCUT2D eigenvalue weighted by Gasteiger charge is 2.35. The Morgan fingerprint density at radius 3 is 2.22 bits per heavy atom. The van der Waals surface area contributed by atoms with E-state index in [2.05, 4.69) is 4.72 Å². The summed E-state index contributed by atoms with van der Waals surface area (Å²) in [5.41, 5.74) is 6.56. The second-order valence-electron chi connectivity index (χ2n) is 7.34. The van der Waals surface area contributed by atoms with Gasteiger partial charge in [0.2, 0.25) is 10.0 Å². The summed E-state index contributed by atoms with van der Waals surface area (Å²) < 4.78 is 27.6. The number of nitrogens with two attached hydrogens (primary N) is 1. The van der Waals surface area contributed by atoms with Gasteiger partial charge >= 0.3 is 0 Å². The Labute approximate surface area is 160 Å². The summed E-state index contributed by atoms with van der Waals surface area (Å²) in [6.07, 6.45) is 5.62. The third kappa shape index (κ3) is 4.56. The van der Waals surface area contributed by atoms with Crippen molar-refractivity contribution in [2.24, 2.45) is 11.7 Å². The first-order valence-electron chi connectivity index (χ1n) is 9.58. The first-order chi connectivity index (χ1) is 12.9. The lowest BCUT2D eigenvalue weighted by atomic mass is 9.84. The van der Waals surface area contributed by atoms with Crippen LogP contribution in [0.15, 0.2) is 24.3 Å². The molecule has 148 valence electrons. The van der Waals surface area contributed by atoms with Gasteiger partial charge in [0.1, 0.15) is 0 Å². The third-order valence-electron chi connectivity index (χ3n) is 5.48. The zero-order valence-electron chi connectivity index (χ0n) is 15.4. The zero-order valence-corrected chi connectivity index (χ0v) is 16.2. The maximum Gasteiger partial charge on any atom is 0.261 e. The Bertz CT molecular complexity index is 768. The molecule has 1 atom stereocenters. The Morgan fingerprint density at radius 2 is 1.67 bits per heavy atom. The standard InChI is InChI=1S/C19H27N3O4S/c20-13-17(14-7-2-1-3-8-14)21-27(25,26)12-6-11-22-18(23)15-9-4-5-10-16(15)19(22)24/h4-5,9-10,14,17,21H,1-3,6-8,11-13,20H2. The molecule has 1 aromatic carbocycles. The molecule has 8 heteroatoms. The number of hydrogen-bond acceptors (Lipinski definition) is 5. The first kappa shape index (κ1) is 20.0. The first-order valence-corrected chi connectivity index (χ1v) is 11.2. The number of sulfonamides is 1. The van der Waals surface area contributed by atoms with Crippen molar-refractivity contribution in [3.05, 3.63) is 35.4 Å². The molecule has 1 aromatic rings. The van der Waals surface area contributed by atoms with Crippen molar-refractivity contribution in [1.82, 2.24) is 9.62 Å². The van der Waals surface area contributed by atoms with Crippen LogP contribution in [0, 0.1) is 5.92 Å². The largest absolute Gasteiger partial charge is 0.329 e. The number of carbonyl (C=O) groups is 2. The van der Waals surface area contributed by atoms with Gasteiger partial charge in [-0.15, -0.1) is 0 Å². The summed E-state index contributed by atoms with van der Waals surface area (Å²) in [5, 5.41) is 0. The van der Waals surface area contributed by atoms with Crippen LogP contribution in [0.5, 0.6) is 0 Å². The van der Waals surface area contributed by atoms with Gasteiger partial charge < -0.3 is 5.73 Å². The molecule has 3 rings (SSSR count). The van der Waals surface area contributed by atoms with Gasteiger partial charge in [-0.1, -0.05) is 31.4 Å². The molecule has 2 aliphatic rings.